The summed E-state index contributed by atoms with van der Waals surface area (Å²) in [5.74, 6) is 0.0153. The van der Waals surface area contributed by atoms with E-state index in [1.165, 1.54) is 0 Å². The topological polar surface area (TPSA) is 59.0 Å². The van der Waals surface area contributed by atoms with Gasteiger partial charge in [0.25, 0.3) is 0 Å². The zero-order chi connectivity index (χ0) is 12.0. The molecule has 1 heterocycles. The van der Waals surface area contributed by atoms with E-state index in [9.17, 15) is 4.79 Å². The van der Waals surface area contributed by atoms with Crippen LogP contribution in [-0.4, -0.2) is 28.3 Å². The van der Waals surface area contributed by atoms with E-state index in [4.69, 9.17) is 0 Å². The molecule has 1 aromatic heterocycles. The quantitative estimate of drug-likeness (QED) is 0.736. The fourth-order valence-electron chi connectivity index (χ4n) is 1.24. The Morgan fingerprint density at radius 2 is 2.38 bits per heavy atom. The van der Waals surface area contributed by atoms with Crippen molar-refractivity contribution >= 4 is 5.91 Å². The number of hydrogen-bond acceptors (Lipinski definition) is 3. The molecule has 5 heteroatoms. The minimum atomic E-state index is 0.0153. The number of nitrogens with one attached hydrogen (secondary N) is 2. The molecule has 0 aromatic carbocycles. The van der Waals surface area contributed by atoms with Crippen molar-refractivity contribution in [1.29, 1.82) is 0 Å². The third-order valence-electron chi connectivity index (χ3n) is 2.61. The molecule has 1 rings (SSSR count). The second-order valence-electron chi connectivity index (χ2n) is 3.91. The first-order valence-corrected chi connectivity index (χ1v) is 5.60. The summed E-state index contributed by atoms with van der Waals surface area (Å²) in [6.07, 6.45) is 2.74. The van der Waals surface area contributed by atoms with Crippen LogP contribution in [0.5, 0.6) is 0 Å². The Hall–Kier alpha value is -1.36. The van der Waals surface area contributed by atoms with E-state index in [2.05, 4.69) is 29.6 Å². The lowest BCUT2D eigenvalue weighted by Gasteiger charge is -2.11. The van der Waals surface area contributed by atoms with Crippen molar-refractivity contribution < 1.29 is 4.79 Å². The highest BCUT2D eigenvalue weighted by molar-refractivity contribution is 5.77. The molecule has 0 aliphatic rings. The average molecular weight is 224 g/mol. The minimum Gasteiger partial charge on any atom is -0.349 e. The molecule has 0 aliphatic carbocycles. The van der Waals surface area contributed by atoms with Gasteiger partial charge in [0.15, 0.2) is 0 Å². The van der Waals surface area contributed by atoms with Crippen molar-refractivity contribution in [2.75, 3.05) is 6.54 Å². The van der Waals surface area contributed by atoms with Crippen LogP contribution >= 0.6 is 0 Å². The lowest BCUT2D eigenvalue weighted by Crippen LogP contribution is -2.37. The number of nitrogens with zero attached hydrogens (tertiary/aromatic N) is 2. The molecule has 0 spiro atoms. The van der Waals surface area contributed by atoms with Gasteiger partial charge in [-0.25, -0.2) is 0 Å². The number of carbonyl (C=O) groups is 1. The van der Waals surface area contributed by atoms with Crippen molar-refractivity contribution in [1.82, 2.24) is 20.4 Å². The maximum absolute atomic E-state index is 11.5. The van der Waals surface area contributed by atoms with Gasteiger partial charge in [-0.05, 0) is 19.4 Å². The van der Waals surface area contributed by atoms with E-state index in [1.807, 2.05) is 13.1 Å². The molecule has 16 heavy (non-hydrogen) atoms. The summed E-state index contributed by atoms with van der Waals surface area (Å²) < 4.78 is 1.75. The normalized spacial score (nSPS) is 12.4. The Labute approximate surface area is 96.2 Å². The molecule has 0 aliphatic heterocycles. The predicted molar refractivity (Wildman–Crippen MR) is 62.8 cm³/mol. The van der Waals surface area contributed by atoms with E-state index in [0.717, 1.165) is 12.1 Å². The summed E-state index contributed by atoms with van der Waals surface area (Å²) in [6.45, 7) is 5.05. The molecule has 1 amide bonds. The highest BCUT2D eigenvalue weighted by Gasteiger charge is 2.04. The van der Waals surface area contributed by atoms with E-state index in [1.54, 1.807) is 10.9 Å². The lowest BCUT2D eigenvalue weighted by molar-refractivity contribution is -0.120. The van der Waals surface area contributed by atoms with Crippen LogP contribution in [0, 0.1) is 0 Å². The molecule has 5 nitrogen and oxygen atoms in total. The smallest absolute Gasteiger partial charge is 0.234 e. The van der Waals surface area contributed by atoms with Crippen LogP contribution in [0.25, 0.3) is 0 Å². The van der Waals surface area contributed by atoms with Crippen LogP contribution in [0.4, 0.5) is 0 Å². The van der Waals surface area contributed by atoms with Gasteiger partial charge in [-0.15, -0.1) is 0 Å². The van der Waals surface area contributed by atoms with Crippen molar-refractivity contribution in [2.45, 2.75) is 32.9 Å². The van der Waals surface area contributed by atoms with Crippen LogP contribution in [0.3, 0.4) is 0 Å². The molecule has 0 radical (unpaired) electrons. The molecule has 0 bridgehead atoms. The first-order chi connectivity index (χ1) is 7.63. The Kier molecular flexibility index (Phi) is 4.98. The molecule has 2 N–H and O–H groups in total. The second kappa shape index (κ2) is 6.27. The molecule has 0 saturated carbocycles. The first kappa shape index (κ1) is 12.7. The molecule has 1 unspecified atom stereocenters. The first-order valence-electron chi connectivity index (χ1n) is 5.60. The fraction of sp³-hybridized carbons (Fsp3) is 0.636. The van der Waals surface area contributed by atoms with Gasteiger partial charge in [-0.2, -0.15) is 5.10 Å². The molecule has 0 fully saturated rings. The maximum Gasteiger partial charge on any atom is 0.234 e. The average Bonchev–Trinajstić information content (AvgIpc) is 2.69. The van der Waals surface area contributed by atoms with Crippen LogP contribution in [0.1, 0.15) is 26.0 Å². The summed E-state index contributed by atoms with van der Waals surface area (Å²) in [4.78, 5) is 11.5. The lowest BCUT2D eigenvalue weighted by atomic mass is 10.2. The molecular formula is C11H20N4O. The second-order valence-corrected chi connectivity index (χ2v) is 3.91. The summed E-state index contributed by atoms with van der Waals surface area (Å²) in [5.41, 5.74) is 0.997. The zero-order valence-corrected chi connectivity index (χ0v) is 10.2. The third-order valence-corrected chi connectivity index (χ3v) is 2.61. The number of aromatic nitrogens is 2. The Bertz CT molecular complexity index is 334. The van der Waals surface area contributed by atoms with Gasteiger partial charge in [-0.3, -0.25) is 9.48 Å². The van der Waals surface area contributed by atoms with Crippen molar-refractivity contribution in [2.24, 2.45) is 7.05 Å². The molecular weight excluding hydrogens is 204 g/mol. The highest BCUT2D eigenvalue weighted by atomic mass is 16.1. The summed E-state index contributed by atoms with van der Waals surface area (Å²) in [7, 11) is 1.86. The Morgan fingerprint density at radius 1 is 1.62 bits per heavy atom. The third kappa shape index (κ3) is 4.02. The van der Waals surface area contributed by atoms with Gasteiger partial charge >= 0.3 is 0 Å². The highest BCUT2D eigenvalue weighted by Crippen LogP contribution is 1.94. The monoisotopic (exact) mass is 224 g/mol. The fourth-order valence-corrected chi connectivity index (χ4v) is 1.24. The van der Waals surface area contributed by atoms with Crippen molar-refractivity contribution in [3.8, 4) is 0 Å². The largest absolute Gasteiger partial charge is 0.349 e. The van der Waals surface area contributed by atoms with E-state index < -0.39 is 0 Å². The molecule has 1 aromatic rings. The maximum atomic E-state index is 11.5. The van der Waals surface area contributed by atoms with Gasteiger partial charge in [0.05, 0.1) is 18.8 Å². The predicted octanol–water partition coefficient (Wildman–Crippen LogP) is 0.424. The molecule has 1 atom stereocenters. The summed E-state index contributed by atoms with van der Waals surface area (Å²) in [5, 5.41) is 10.0. The van der Waals surface area contributed by atoms with Gasteiger partial charge in [0.1, 0.15) is 0 Å². The summed E-state index contributed by atoms with van der Waals surface area (Å²) >= 11 is 0. The Morgan fingerprint density at radius 3 is 2.94 bits per heavy atom. The number of hydrogen-bond donors (Lipinski definition) is 2. The van der Waals surface area contributed by atoms with E-state index >= 15 is 0 Å². The SMILES string of the molecule is CCC(C)NCC(=O)NCc1ccnn1C. The van der Waals surface area contributed by atoms with Crippen LogP contribution in [0.2, 0.25) is 0 Å². The van der Waals surface area contributed by atoms with Crippen LogP contribution in [-0.2, 0) is 18.4 Å². The number of rotatable bonds is 6. The van der Waals surface area contributed by atoms with Crippen molar-refractivity contribution in [3.05, 3.63) is 18.0 Å². The van der Waals surface area contributed by atoms with Gasteiger partial charge in [0, 0.05) is 19.3 Å². The standard InChI is InChI=1S/C11H20N4O/c1-4-9(2)12-8-11(16)13-7-10-5-6-14-15(10)3/h5-6,9,12H,4,7-8H2,1-3H3,(H,13,16). The van der Waals surface area contributed by atoms with Gasteiger partial charge in [0.2, 0.25) is 5.91 Å². The van der Waals surface area contributed by atoms with Gasteiger partial charge in [-0.1, -0.05) is 6.92 Å². The van der Waals surface area contributed by atoms with Crippen LogP contribution < -0.4 is 10.6 Å². The number of amides is 1. The van der Waals surface area contributed by atoms with E-state index in [0.29, 0.717) is 19.1 Å². The zero-order valence-electron chi connectivity index (χ0n) is 10.2. The molecule has 0 saturated heterocycles. The van der Waals surface area contributed by atoms with E-state index in [-0.39, 0.29) is 5.91 Å². The summed E-state index contributed by atoms with van der Waals surface area (Å²) in [6, 6.07) is 2.27. The van der Waals surface area contributed by atoms with Gasteiger partial charge < -0.3 is 10.6 Å². The number of aryl methyl sites for hydroxylation is 1. The Balaban J connectivity index is 2.23. The minimum absolute atomic E-state index is 0.0153. The molecule has 90 valence electrons. The van der Waals surface area contributed by atoms with Crippen molar-refractivity contribution in [3.63, 3.8) is 0 Å². The van der Waals surface area contributed by atoms with Crippen LogP contribution in [0.15, 0.2) is 12.3 Å². The number of carbonyl (C=O) groups excluding carboxylic acids is 1.